The first-order valence-electron chi connectivity index (χ1n) is 4.61. The van der Waals surface area contributed by atoms with E-state index in [1.54, 1.807) is 0 Å². The highest BCUT2D eigenvalue weighted by molar-refractivity contribution is 6.42. The number of pyridine rings is 1. The summed E-state index contributed by atoms with van der Waals surface area (Å²) in [6, 6.07) is 5.53. The van der Waals surface area contributed by atoms with Gasteiger partial charge in [0.25, 0.3) is 5.88 Å². The molecule has 0 spiro atoms. The Balaban J connectivity index is 2.37. The van der Waals surface area contributed by atoms with E-state index in [0.29, 0.717) is 5.02 Å². The van der Waals surface area contributed by atoms with Crippen LogP contribution < -0.4 is 10.5 Å². The maximum absolute atomic E-state index is 13.3. The molecular weight excluding hydrogens is 266 g/mol. The summed E-state index contributed by atoms with van der Waals surface area (Å²) in [6.07, 6.45) is 1.41. The standard InChI is InChI=1S/C11H7Cl2FN2O/c12-6-4-9(15)10(5-7(6)13)17-11-8(14)2-1-3-16-11/h1-5H,15H2. The number of hydrogen-bond acceptors (Lipinski definition) is 3. The zero-order valence-electron chi connectivity index (χ0n) is 8.45. The molecule has 2 N–H and O–H groups in total. The minimum Gasteiger partial charge on any atom is -0.434 e. The normalized spacial score (nSPS) is 10.3. The van der Waals surface area contributed by atoms with Gasteiger partial charge in [0.15, 0.2) is 11.6 Å². The van der Waals surface area contributed by atoms with Gasteiger partial charge in [-0.15, -0.1) is 0 Å². The van der Waals surface area contributed by atoms with Gasteiger partial charge in [-0.05, 0) is 18.2 Å². The third-order valence-electron chi connectivity index (χ3n) is 1.98. The van der Waals surface area contributed by atoms with E-state index in [1.807, 2.05) is 0 Å². The Morgan fingerprint density at radius 3 is 2.65 bits per heavy atom. The van der Waals surface area contributed by atoms with Gasteiger partial charge >= 0.3 is 0 Å². The minimum absolute atomic E-state index is 0.169. The molecule has 6 heteroatoms. The minimum atomic E-state index is -0.585. The summed E-state index contributed by atoms with van der Waals surface area (Å²) in [5, 5.41) is 0.574. The van der Waals surface area contributed by atoms with Crippen LogP contribution in [0.15, 0.2) is 30.5 Å². The van der Waals surface area contributed by atoms with Crippen molar-refractivity contribution < 1.29 is 9.13 Å². The maximum Gasteiger partial charge on any atom is 0.255 e. The van der Waals surface area contributed by atoms with Gasteiger partial charge in [-0.1, -0.05) is 23.2 Å². The third-order valence-corrected chi connectivity index (χ3v) is 2.71. The largest absolute Gasteiger partial charge is 0.434 e. The zero-order valence-corrected chi connectivity index (χ0v) is 9.97. The van der Waals surface area contributed by atoms with Crippen molar-refractivity contribution >= 4 is 28.9 Å². The number of halogens is 3. The van der Waals surface area contributed by atoms with Gasteiger partial charge < -0.3 is 10.5 Å². The van der Waals surface area contributed by atoms with Crippen LogP contribution in [-0.4, -0.2) is 4.98 Å². The van der Waals surface area contributed by atoms with Crippen molar-refractivity contribution in [3.05, 3.63) is 46.3 Å². The van der Waals surface area contributed by atoms with Crippen LogP contribution in [-0.2, 0) is 0 Å². The Morgan fingerprint density at radius 2 is 1.94 bits per heavy atom. The van der Waals surface area contributed by atoms with E-state index in [-0.39, 0.29) is 22.3 Å². The van der Waals surface area contributed by atoms with Crippen molar-refractivity contribution in [2.75, 3.05) is 5.73 Å². The fourth-order valence-corrected chi connectivity index (χ4v) is 1.51. The highest BCUT2D eigenvalue weighted by Crippen LogP contribution is 2.34. The third kappa shape index (κ3) is 2.60. The molecule has 17 heavy (non-hydrogen) atoms. The maximum atomic E-state index is 13.3. The highest BCUT2D eigenvalue weighted by Gasteiger charge is 2.10. The molecule has 0 atom stereocenters. The Kier molecular flexibility index (Phi) is 3.36. The molecule has 0 radical (unpaired) electrons. The van der Waals surface area contributed by atoms with E-state index in [1.165, 1.54) is 30.5 Å². The molecule has 0 saturated carbocycles. The van der Waals surface area contributed by atoms with Crippen molar-refractivity contribution in [3.8, 4) is 11.6 Å². The van der Waals surface area contributed by atoms with Crippen molar-refractivity contribution in [2.45, 2.75) is 0 Å². The summed E-state index contributed by atoms with van der Waals surface area (Å²) >= 11 is 11.6. The summed E-state index contributed by atoms with van der Waals surface area (Å²) in [4.78, 5) is 3.74. The first-order valence-corrected chi connectivity index (χ1v) is 5.36. The van der Waals surface area contributed by atoms with Crippen LogP contribution in [0, 0.1) is 5.82 Å². The van der Waals surface area contributed by atoms with Crippen LogP contribution in [0.1, 0.15) is 0 Å². The highest BCUT2D eigenvalue weighted by atomic mass is 35.5. The van der Waals surface area contributed by atoms with Gasteiger partial charge in [-0.2, -0.15) is 0 Å². The summed E-state index contributed by atoms with van der Waals surface area (Å²) in [5.74, 6) is -0.549. The second-order valence-corrected chi connectivity index (χ2v) is 4.01. The summed E-state index contributed by atoms with van der Waals surface area (Å²) in [6.45, 7) is 0. The number of aromatic nitrogens is 1. The summed E-state index contributed by atoms with van der Waals surface area (Å²) in [5.41, 5.74) is 5.92. The van der Waals surface area contributed by atoms with E-state index < -0.39 is 5.82 Å². The number of hydrogen-bond donors (Lipinski definition) is 1. The first kappa shape index (κ1) is 12.0. The Hall–Kier alpha value is -1.52. The lowest BCUT2D eigenvalue weighted by Crippen LogP contribution is -1.95. The van der Waals surface area contributed by atoms with Crippen LogP contribution in [0.5, 0.6) is 11.6 Å². The number of nitrogens with zero attached hydrogens (tertiary/aromatic N) is 1. The molecule has 1 aromatic heterocycles. The summed E-state index contributed by atoms with van der Waals surface area (Å²) < 4.78 is 18.5. The molecule has 2 aromatic rings. The number of anilines is 1. The summed E-state index contributed by atoms with van der Waals surface area (Å²) in [7, 11) is 0. The number of ether oxygens (including phenoxy) is 1. The van der Waals surface area contributed by atoms with Gasteiger partial charge in [-0.3, -0.25) is 0 Å². The molecule has 3 nitrogen and oxygen atoms in total. The first-order chi connectivity index (χ1) is 8.08. The fraction of sp³-hybridized carbons (Fsp3) is 0. The van der Waals surface area contributed by atoms with E-state index in [2.05, 4.69) is 4.98 Å². The average Bonchev–Trinajstić information content (AvgIpc) is 2.29. The average molecular weight is 273 g/mol. The van der Waals surface area contributed by atoms with Crippen LogP contribution in [0.3, 0.4) is 0 Å². The van der Waals surface area contributed by atoms with E-state index in [9.17, 15) is 4.39 Å². The predicted molar refractivity (Wildman–Crippen MR) is 65.1 cm³/mol. The van der Waals surface area contributed by atoms with E-state index >= 15 is 0 Å². The van der Waals surface area contributed by atoms with Crippen LogP contribution in [0.2, 0.25) is 10.0 Å². The lowest BCUT2D eigenvalue weighted by atomic mass is 10.3. The van der Waals surface area contributed by atoms with Gasteiger partial charge in [0, 0.05) is 12.3 Å². The molecule has 0 bridgehead atoms. The van der Waals surface area contributed by atoms with Crippen LogP contribution in [0.25, 0.3) is 0 Å². The molecule has 1 heterocycles. The molecule has 0 saturated heterocycles. The molecule has 88 valence electrons. The number of nitrogen functional groups attached to an aromatic ring is 1. The smallest absolute Gasteiger partial charge is 0.255 e. The lowest BCUT2D eigenvalue weighted by Gasteiger charge is -2.09. The molecular formula is C11H7Cl2FN2O. The van der Waals surface area contributed by atoms with Gasteiger partial charge in [0.2, 0.25) is 0 Å². The second kappa shape index (κ2) is 4.77. The lowest BCUT2D eigenvalue weighted by molar-refractivity contribution is 0.424. The molecule has 0 aliphatic rings. The SMILES string of the molecule is Nc1cc(Cl)c(Cl)cc1Oc1ncccc1F. The number of rotatable bonds is 2. The zero-order chi connectivity index (χ0) is 12.4. The molecule has 0 fully saturated rings. The number of nitrogens with two attached hydrogens (primary N) is 1. The monoisotopic (exact) mass is 272 g/mol. The molecule has 2 rings (SSSR count). The van der Waals surface area contributed by atoms with E-state index in [0.717, 1.165) is 0 Å². The second-order valence-electron chi connectivity index (χ2n) is 3.20. The van der Waals surface area contributed by atoms with Crippen molar-refractivity contribution in [2.24, 2.45) is 0 Å². The predicted octanol–water partition coefficient (Wildman–Crippen LogP) is 3.90. The molecule has 0 aliphatic carbocycles. The van der Waals surface area contributed by atoms with E-state index in [4.69, 9.17) is 33.7 Å². The van der Waals surface area contributed by atoms with Gasteiger partial charge in [0.1, 0.15) is 0 Å². The Morgan fingerprint density at radius 1 is 1.24 bits per heavy atom. The molecule has 0 aliphatic heterocycles. The molecule has 1 aromatic carbocycles. The quantitative estimate of drug-likeness (QED) is 0.844. The Bertz CT molecular complexity index is 563. The molecule has 0 unspecified atom stereocenters. The topological polar surface area (TPSA) is 48.1 Å². The van der Waals surface area contributed by atoms with Gasteiger partial charge in [0.05, 0.1) is 15.7 Å². The van der Waals surface area contributed by atoms with Crippen LogP contribution in [0.4, 0.5) is 10.1 Å². The van der Waals surface area contributed by atoms with Crippen molar-refractivity contribution in [1.82, 2.24) is 4.98 Å². The van der Waals surface area contributed by atoms with Crippen molar-refractivity contribution in [1.29, 1.82) is 0 Å². The van der Waals surface area contributed by atoms with Crippen LogP contribution >= 0.6 is 23.2 Å². The van der Waals surface area contributed by atoms with Gasteiger partial charge in [-0.25, -0.2) is 9.37 Å². The Labute approximate surface area is 107 Å². The molecule has 0 amide bonds. The fourth-order valence-electron chi connectivity index (χ4n) is 1.18. The van der Waals surface area contributed by atoms with Crippen molar-refractivity contribution in [3.63, 3.8) is 0 Å². The number of benzene rings is 1.